The maximum atomic E-state index is 9.78. The zero-order valence-electron chi connectivity index (χ0n) is 4.40. The van der Waals surface area contributed by atoms with Gasteiger partial charge in [-0.15, -0.1) is 0 Å². The van der Waals surface area contributed by atoms with E-state index in [-0.39, 0.29) is 6.42 Å². The minimum atomic E-state index is -4.70. The zero-order chi connectivity index (χ0) is 6.78. The van der Waals surface area contributed by atoms with Gasteiger partial charge in [-0.25, -0.2) is 0 Å². The van der Waals surface area contributed by atoms with Crippen molar-refractivity contribution in [1.29, 1.82) is 0 Å². The van der Waals surface area contributed by atoms with Crippen molar-refractivity contribution >= 4 is 7.60 Å². The molecule has 0 spiro atoms. The monoisotopic (exact) mass is 138 g/mol. The Morgan fingerprint density at radius 1 is 1.75 bits per heavy atom. The van der Waals surface area contributed by atoms with Crippen LogP contribution in [-0.4, -0.2) is 11.0 Å². The van der Waals surface area contributed by atoms with Crippen molar-refractivity contribution in [3.63, 3.8) is 0 Å². The van der Waals surface area contributed by atoms with Gasteiger partial charge in [0.05, 0.1) is 5.85 Å². The van der Waals surface area contributed by atoms with Crippen molar-refractivity contribution in [3.05, 3.63) is 0 Å². The lowest BCUT2D eigenvalue weighted by Gasteiger charge is -2.33. The number of hydrogen-bond acceptors (Lipinski definition) is 4. The highest BCUT2D eigenvalue weighted by atomic mass is 31.2. The van der Waals surface area contributed by atoms with E-state index in [1.165, 1.54) is 6.92 Å². The van der Waals surface area contributed by atoms with Crippen LogP contribution < -0.4 is 9.79 Å². The normalized spacial score (nSPS) is 16.0. The Morgan fingerprint density at radius 2 is 2.12 bits per heavy atom. The Balaban J connectivity index is 3.82. The first-order chi connectivity index (χ1) is 3.48. The van der Waals surface area contributed by atoms with E-state index >= 15 is 0 Å². The third-order valence-electron chi connectivity index (χ3n) is 0.730. The molecule has 0 aliphatic carbocycles. The van der Waals surface area contributed by atoms with Crippen molar-refractivity contribution in [2.75, 3.05) is 0 Å². The predicted molar refractivity (Wildman–Crippen MR) is 23.9 cm³/mol. The molecular formula is C3H7O4P-2. The molecule has 0 saturated carbocycles. The Kier molecular flexibility index (Phi) is 2.63. The molecule has 8 heavy (non-hydrogen) atoms. The van der Waals surface area contributed by atoms with Crippen LogP contribution in [0.4, 0.5) is 0 Å². The molecule has 0 aromatic heterocycles. The van der Waals surface area contributed by atoms with Crippen molar-refractivity contribution in [2.45, 2.75) is 19.2 Å². The Labute approximate surface area is 47.3 Å². The molecule has 1 N–H and O–H groups in total. The molecule has 4 nitrogen and oxygen atoms in total. The molecule has 5 heteroatoms. The van der Waals surface area contributed by atoms with E-state index in [1.807, 2.05) is 0 Å². The summed E-state index contributed by atoms with van der Waals surface area (Å²) in [5, 5.41) is 8.31. The highest BCUT2D eigenvalue weighted by molar-refractivity contribution is 7.49. The smallest absolute Gasteiger partial charge is 0.0805 e. The van der Waals surface area contributed by atoms with Crippen LogP contribution in [0.1, 0.15) is 13.3 Å². The number of hydrogen-bond donors (Lipinski definition) is 1. The maximum absolute atomic E-state index is 9.78. The molecule has 0 aliphatic rings. The van der Waals surface area contributed by atoms with Gasteiger partial charge in [0.1, 0.15) is 0 Å². The van der Waals surface area contributed by atoms with Crippen molar-refractivity contribution in [1.82, 2.24) is 0 Å². The first-order valence-corrected chi connectivity index (χ1v) is 3.79. The van der Waals surface area contributed by atoms with E-state index in [0.717, 1.165) is 0 Å². The largest absolute Gasteiger partial charge is 0.809 e. The van der Waals surface area contributed by atoms with Crippen LogP contribution in [0.3, 0.4) is 0 Å². The Hall–Kier alpha value is 0.110. The van der Waals surface area contributed by atoms with Gasteiger partial charge in [-0.05, 0) is 14.0 Å². The van der Waals surface area contributed by atoms with Crippen LogP contribution in [0.25, 0.3) is 0 Å². The lowest BCUT2D eigenvalue weighted by molar-refractivity contribution is -0.322. The highest BCUT2D eigenvalue weighted by Crippen LogP contribution is 2.30. The molecule has 1 unspecified atom stereocenters. The summed E-state index contributed by atoms with van der Waals surface area (Å²) < 4.78 is 9.78. The summed E-state index contributed by atoms with van der Waals surface area (Å²) >= 11 is 0. The van der Waals surface area contributed by atoms with Crippen LogP contribution in [0.2, 0.25) is 0 Å². The fourth-order valence-corrected chi connectivity index (χ4v) is 0.671. The average Bonchev–Trinajstić information content (AvgIpc) is 1.62. The van der Waals surface area contributed by atoms with E-state index in [0.29, 0.717) is 0 Å². The third kappa shape index (κ3) is 2.43. The fourth-order valence-electron chi connectivity index (χ4n) is 0.224. The molecule has 0 aromatic carbocycles. The molecule has 50 valence electrons. The zero-order valence-corrected chi connectivity index (χ0v) is 5.30. The van der Waals surface area contributed by atoms with E-state index in [4.69, 9.17) is 5.11 Å². The topological polar surface area (TPSA) is 83.4 Å². The van der Waals surface area contributed by atoms with Gasteiger partial charge in [-0.2, -0.15) is 0 Å². The van der Waals surface area contributed by atoms with Gasteiger partial charge in [0, 0.05) is 0 Å². The second kappa shape index (κ2) is 2.60. The first-order valence-electron chi connectivity index (χ1n) is 2.18. The number of rotatable bonds is 2. The van der Waals surface area contributed by atoms with Gasteiger partial charge in [-0.1, -0.05) is 6.92 Å². The van der Waals surface area contributed by atoms with Crippen LogP contribution in [0, 0.1) is 0 Å². The van der Waals surface area contributed by atoms with Crippen LogP contribution >= 0.6 is 7.60 Å². The SMILES string of the molecule is CCC(O)P(=O)([O-])[O-]. The fraction of sp³-hybridized carbons (Fsp3) is 1.00. The van der Waals surface area contributed by atoms with Gasteiger partial charge in [-0.3, -0.25) is 0 Å². The lowest BCUT2D eigenvalue weighted by Crippen LogP contribution is -2.24. The van der Waals surface area contributed by atoms with Crippen molar-refractivity contribution < 1.29 is 19.5 Å². The summed E-state index contributed by atoms with van der Waals surface area (Å²) in [6.07, 6.45) is -0.0374. The van der Waals surface area contributed by atoms with Gasteiger partial charge in [0.15, 0.2) is 0 Å². The molecule has 0 heterocycles. The van der Waals surface area contributed by atoms with Gasteiger partial charge >= 0.3 is 0 Å². The van der Waals surface area contributed by atoms with Crippen molar-refractivity contribution in [3.8, 4) is 0 Å². The predicted octanol–water partition coefficient (Wildman–Crippen LogP) is -1.37. The molecule has 0 saturated heterocycles. The lowest BCUT2D eigenvalue weighted by atomic mass is 10.5. The molecule has 0 rings (SSSR count). The van der Waals surface area contributed by atoms with Gasteiger partial charge in [0.25, 0.3) is 0 Å². The Bertz CT molecular complexity index is 106. The second-order valence-corrected chi connectivity index (χ2v) is 3.10. The summed E-state index contributed by atoms with van der Waals surface area (Å²) in [4.78, 5) is 19.6. The summed E-state index contributed by atoms with van der Waals surface area (Å²) in [6.45, 7) is 1.42. The summed E-state index contributed by atoms with van der Waals surface area (Å²) in [7, 11) is -4.70. The maximum Gasteiger partial charge on any atom is 0.0805 e. The molecular weight excluding hydrogens is 131 g/mol. The highest BCUT2D eigenvalue weighted by Gasteiger charge is 2.02. The van der Waals surface area contributed by atoms with E-state index in [9.17, 15) is 14.4 Å². The van der Waals surface area contributed by atoms with E-state index < -0.39 is 13.4 Å². The molecule has 0 radical (unpaired) electrons. The minimum Gasteiger partial charge on any atom is -0.809 e. The molecule has 0 aromatic rings. The average molecular weight is 138 g/mol. The molecule has 0 bridgehead atoms. The molecule has 1 atom stereocenters. The van der Waals surface area contributed by atoms with E-state index in [2.05, 4.69) is 0 Å². The quantitative estimate of drug-likeness (QED) is 0.477. The summed E-state index contributed by atoms with van der Waals surface area (Å²) in [5.41, 5.74) is 0. The molecule has 0 aliphatic heterocycles. The molecule has 0 fully saturated rings. The summed E-state index contributed by atoms with van der Waals surface area (Å²) in [6, 6.07) is 0. The standard InChI is InChI=1S/C3H9O4P/c1-2-3(4)8(5,6)7/h3-4H,2H2,1H3,(H2,5,6,7)/p-2. The number of aliphatic hydroxyl groups is 1. The van der Waals surface area contributed by atoms with Crippen LogP contribution in [-0.2, 0) is 4.57 Å². The Morgan fingerprint density at radius 3 is 2.12 bits per heavy atom. The summed E-state index contributed by atoms with van der Waals surface area (Å²) in [5.74, 6) is -1.71. The second-order valence-electron chi connectivity index (χ2n) is 1.43. The van der Waals surface area contributed by atoms with Crippen LogP contribution in [0.15, 0.2) is 0 Å². The van der Waals surface area contributed by atoms with Crippen molar-refractivity contribution in [2.24, 2.45) is 0 Å². The van der Waals surface area contributed by atoms with E-state index in [1.54, 1.807) is 0 Å². The number of aliphatic hydroxyl groups excluding tert-OH is 1. The first kappa shape index (κ1) is 8.11. The van der Waals surface area contributed by atoms with Gasteiger partial charge in [0.2, 0.25) is 0 Å². The van der Waals surface area contributed by atoms with Gasteiger partial charge < -0.3 is 19.5 Å². The van der Waals surface area contributed by atoms with Crippen LogP contribution in [0.5, 0.6) is 0 Å². The third-order valence-corrected chi connectivity index (χ3v) is 1.83. The minimum absolute atomic E-state index is 0.0374. The molecule has 0 amide bonds.